The van der Waals surface area contributed by atoms with Gasteiger partial charge < -0.3 is 20.4 Å². The minimum absolute atomic E-state index is 0.560. The number of nitriles is 1. The van der Waals surface area contributed by atoms with E-state index in [1.165, 1.54) is 32.4 Å². The van der Waals surface area contributed by atoms with Gasteiger partial charge in [0, 0.05) is 44.5 Å². The third kappa shape index (κ3) is 2.97. The summed E-state index contributed by atoms with van der Waals surface area (Å²) in [5.41, 5.74) is 3.60. The SMILES string of the molecule is CN1CCN(c2cc(NC3CC4(CCNC4)C3)ccc2C#N)CC1. The molecule has 5 heteroatoms. The molecular weight excluding hydrogens is 298 g/mol. The van der Waals surface area contributed by atoms with E-state index in [-0.39, 0.29) is 0 Å². The molecule has 0 unspecified atom stereocenters. The Morgan fingerprint density at radius 3 is 2.71 bits per heavy atom. The van der Waals surface area contributed by atoms with E-state index in [0.29, 0.717) is 11.5 Å². The van der Waals surface area contributed by atoms with Crippen LogP contribution in [-0.2, 0) is 0 Å². The van der Waals surface area contributed by atoms with Crippen molar-refractivity contribution in [3.05, 3.63) is 23.8 Å². The lowest BCUT2D eigenvalue weighted by Gasteiger charge is -2.45. The van der Waals surface area contributed by atoms with Crippen molar-refractivity contribution in [1.29, 1.82) is 5.26 Å². The molecule has 2 N–H and O–H groups in total. The molecule has 1 aromatic carbocycles. The molecule has 0 amide bonds. The molecule has 1 aliphatic carbocycles. The molecule has 24 heavy (non-hydrogen) atoms. The Hall–Kier alpha value is -1.77. The van der Waals surface area contributed by atoms with Gasteiger partial charge in [-0.25, -0.2) is 0 Å². The maximum atomic E-state index is 9.46. The third-order valence-corrected chi connectivity index (χ3v) is 6.02. The molecule has 1 aromatic rings. The largest absolute Gasteiger partial charge is 0.382 e. The second kappa shape index (κ2) is 6.27. The fourth-order valence-electron chi connectivity index (χ4n) is 4.49. The van der Waals surface area contributed by atoms with Crippen molar-refractivity contribution < 1.29 is 0 Å². The number of hydrogen-bond acceptors (Lipinski definition) is 5. The molecule has 5 nitrogen and oxygen atoms in total. The summed E-state index contributed by atoms with van der Waals surface area (Å²) in [5, 5.41) is 16.6. The van der Waals surface area contributed by atoms with Crippen LogP contribution < -0.4 is 15.5 Å². The second-order valence-corrected chi connectivity index (χ2v) is 7.81. The average Bonchev–Trinajstić information content (AvgIpc) is 3.05. The lowest BCUT2D eigenvalue weighted by molar-refractivity contribution is 0.142. The summed E-state index contributed by atoms with van der Waals surface area (Å²) in [5.74, 6) is 0. The molecule has 1 saturated carbocycles. The van der Waals surface area contributed by atoms with Crippen molar-refractivity contribution >= 4 is 11.4 Å². The molecule has 0 aromatic heterocycles. The summed E-state index contributed by atoms with van der Waals surface area (Å²) in [6, 6.07) is 9.16. The number of rotatable bonds is 3. The first-order valence-electron chi connectivity index (χ1n) is 9.12. The summed E-state index contributed by atoms with van der Waals surface area (Å²) in [6.45, 7) is 6.46. The van der Waals surface area contributed by atoms with Gasteiger partial charge in [-0.3, -0.25) is 0 Å². The highest BCUT2D eigenvalue weighted by molar-refractivity contribution is 5.67. The van der Waals surface area contributed by atoms with Crippen LogP contribution in [0.2, 0.25) is 0 Å². The molecule has 0 atom stereocenters. The van der Waals surface area contributed by atoms with E-state index < -0.39 is 0 Å². The summed E-state index contributed by atoms with van der Waals surface area (Å²) < 4.78 is 0. The smallest absolute Gasteiger partial charge is 0.101 e. The predicted molar refractivity (Wildman–Crippen MR) is 97.4 cm³/mol. The van der Waals surface area contributed by atoms with Crippen LogP contribution in [0.1, 0.15) is 24.8 Å². The number of hydrogen-bond donors (Lipinski definition) is 2. The van der Waals surface area contributed by atoms with Crippen LogP contribution >= 0.6 is 0 Å². The Balaban J connectivity index is 1.45. The van der Waals surface area contributed by atoms with Crippen LogP contribution in [0.3, 0.4) is 0 Å². The maximum absolute atomic E-state index is 9.46. The van der Waals surface area contributed by atoms with Crippen molar-refractivity contribution in [3.8, 4) is 6.07 Å². The van der Waals surface area contributed by atoms with Crippen molar-refractivity contribution in [2.24, 2.45) is 5.41 Å². The first kappa shape index (κ1) is 15.7. The van der Waals surface area contributed by atoms with Gasteiger partial charge in [-0.2, -0.15) is 5.26 Å². The van der Waals surface area contributed by atoms with Crippen LogP contribution in [0, 0.1) is 16.7 Å². The minimum atomic E-state index is 0.560. The van der Waals surface area contributed by atoms with Gasteiger partial charge in [-0.15, -0.1) is 0 Å². The van der Waals surface area contributed by atoms with E-state index in [4.69, 9.17) is 0 Å². The molecule has 3 fully saturated rings. The Morgan fingerprint density at radius 1 is 1.25 bits per heavy atom. The number of anilines is 2. The van der Waals surface area contributed by atoms with E-state index in [2.05, 4.69) is 45.7 Å². The topological polar surface area (TPSA) is 54.3 Å². The van der Waals surface area contributed by atoms with Gasteiger partial charge in [0.2, 0.25) is 0 Å². The Kier molecular flexibility index (Phi) is 4.11. The molecule has 2 heterocycles. The monoisotopic (exact) mass is 325 g/mol. The van der Waals surface area contributed by atoms with Crippen molar-refractivity contribution in [3.63, 3.8) is 0 Å². The van der Waals surface area contributed by atoms with Crippen molar-refractivity contribution in [1.82, 2.24) is 10.2 Å². The number of likely N-dealkylation sites (N-methyl/N-ethyl adjacent to an activating group) is 1. The highest BCUT2D eigenvalue weighted by Gasteiger charge is 2.45. The Labute approximate surface area is 144 Å². The predicted octanol–water partition coefficient (Wildman–Crippen LogP) is 1.86. The molecule has 128 valence electrons. The quantitative estimate of drug-likeness (QED) is 0.888. The molecule has 2 saturated heterocycles. The molecular formula is C19H27N5. The molecule has 0 bridgehead atoms. The van der Waals surface area contributed by atoms with E-state index in [9.17, 15) is 5.26 Å². The Bertz CT molecular complexity index is 628. The number of benzene rings is 1. The lowest BCUT2D eigenvalue weighted by Crippen LogP contribution is -2.46. The Morgan fingerprint density at radius 2 is 2.04 bits per heavy atom. The standard InChI is InChI=1S/C19H27N5/c1-23-6-8-24(9-7-23)18-10-16(3-2-15(18)13-20)22-17-11-19(12-17)4-5-21-14-19/h2-3,10,17,21-22H,4-9,11-12,14H2,1H3. The van der Waals surface area contributed by atoms with Gasteiger partial charge >= 0.3 is 0 Å². The van der Waals surface area contributed by atoms with Crippen LogP contribution in [0.15, 0.2) is 18.2 Å². The van der Waals surface area contributed by atoms with Crippen LogP contribution in [-0.4, -0.2) is 57.3 Å². The number of nitrogens with one attached hydrogen (secondary N) is 2. The highest BCUT2D eigenvalue weighted by atomic mass is 15.2. The van der Waals surface area contributed by atoms with E-state index >= 15 is 0 Å². The fourth-order valence-corrected chi connectivity index (χ4v) is 4.49. The number of nitrogens with zero attached hydrogens (tertiary/aromatic N) is 3. The van der Waals surface area contributed by atoms with Gasteiger partial charge in [0.15, 0.2) is 0 Å². The summed E-state index contributed by atoms with van der Waals surface area (Å²) in [6.07, 6.45) is 3.86. The zero-order valence-corrected chi connectivity index (χ0v) is 14.5. The zero-order chi connectivity index (χ0) is 16.6. The fraction of sp³-hybridized carbons (Fsp3) is 0.632. The molecule has 3 aliphatic rings. The summed E-state index contributed by atoms with van der Waals surface area (Å²) in [4.78, 5) is 4.70. The molecule has 2 aliphatic heterocycles. The third-order valence-electron chi connectivity index (χ3n) is 6.02. The zero-order valence-electron chi connectivity index (χ0n) is 14.5. The second-order valence-electron chi connectivity index (χ2n) is 7.81. The van der Waals surface area contributed by atoms with Gasteiger partial charge in [-0.05, 0) is 56.5 Å². The maximum Gasteiger partial charge on any atom is 0.101 e. The lowest BCUT2D eigenvalue weighted by atomic mass is 9.65. The van der Waals surface area contributed by atoms with Crippen LogP contribution in [0.5, 0.6) is 0 Å². The van der Waals surface area contributed by atoms with Crippen molar-refractivity contribution in [2.75, 3.05) is 56.5 Å². The van der Waals surface area contributed by atoms with Gasteiger partial charge in [0.05, 0.1) is 11.3 Å². The van der Waals surface area contributed by atoms with E-state index in [1.807, 2.05) is 6.07 Å². The summed E-state index contributed by atoms with van der Waals surface area (Å²) in [7, 11) is 2.16. The molecule has 4 rings (SSSR count). The average molecular weight is 325 g/mol. The van der Waals surface area contributed by atoms with Crippen LogP contribution in [0.4, 0.5) is 11.4 Å². The highest BCUT2D eigenvalue weighted by Crippen LogP contribution is 2.46. The first-order valence-corrected chi connectivity index (χ1v) is 9.12. The van der Waals surface area contributed by atoms with E-state index in [0.717, 1.165) is 43.1 Å². The molecule has 1 spiro atoms. The van der Waals surface area contributed by atoms with E-state index in [1.54, 1.807) is 0 Å². The first-order chi connectivity index (χ1) is 11.7. The van der Waals surface area contributed by atoms with Gasteiger partial charge in [-0.1, -0.05) is 0 Å². The number of piperazine rings is 1. The van der Waals surface area contributed by atoms with Gasteiger partial charge in [0.25, 0.3) is 0 Å². The normalized spacial score (nSPS) is 30.2. The summed E-state index contributed by atoms with van der Waals surface area (Å²) >= 11 is 0. The molecule has 0 radical (unpaired) electrons. The van der Waals surface area contributed by atoms with Crippen LogP contribution in [0.25, 0.3) is 0 Å². The van der Waals surface area contributed by atoms with Crippen molar-refractivity contribution in [2.45, 2.75) is 25.3 Å². The van der Waals surface area contributed by atoms with Gasteiger partial charge in [0.1, 0.15) is 6.07 Å². The minimum Gasteiger partial charge on any atom is -0.382 e.